The molecule has 0 atom stereocenters. The summed E-state index contributed by atoms with van der Waals surface area (Å²) in [6.45, 7) is 2.04. The fourth-order valence-electron chi connectivity index (χ4n) is 6.09. The zero-order valence-electron chi connectivity index (χ0n) is 26.0. The van der Waals surface area contributed by atoms with Gasteiger partial charge in [0.25, 0.3) is 0 Å². The van der Waals surface area contributed by atoms with Crippen LogP contribution in [0, 0.1) is 40.7 Å². The molecule has 1 aliphatic rings. The molecule has 0 aliphatic heterocycles. The van der Waals surface area contributed by atoms with Crippen LogP contribution in [0.2, 0.25) is 0 Å². The molecule has 254 valence electrons. The Hall–Kier alpha value is -4.05. The van der Waals surface area contributed by atoms with Crippen LogP contribution in [-0.4, -0.2) is 6.10 Å². The van der Waals surface area contributed by atoms with E-state index in [9.17, 15) is 35.1 Å². The lowest BCUT2D eigenvalue weighted by Gasteiger charge is -2.31. The lowest BCUT2D eigenvalue weighted by atomic mass is 9.82. The third kappa shape index (κ3) is 8.14. The predicted molar refractivity (Wildman–Crippen MR) is 167 cm³/mol. The Balaban J connectivity index is 1.22. The largest absolute Gasteiger partial charge is 0.386 e. The van der Waals surface area contributed by atoms with Crippen LogP contribution >= 0.6 is 0 Å². The SMILES string of the molecule is CCCCCc1ccc(C(F)(F)OC2CCC(c3ccc(-c4cc(F)c(C=Cc5cc(F)c(F)c(F)c5)c(F)c4)c(F)c3)CC2)c(F)c1. The van der Waals surface area contributed by atoms with Gasteiger partial charge >= 0.3 is 6.11 Å². The van der Waals surface area contributed by atoms with Crippen LogP contribution in [0.15, 0.2) is 60.7 Å². The minimum absolute atomic E-state index is 0.0789. The Kier molecular flexibility index (Phi) is 11.0. The van der Waals surface area contributed by atoms with Crippen molar-refractivity contribution < 1.29 is 44.3 Å². The molecule has 0 aromatic heterocycles. The number of unbranched alkanes of at least 4 members (excludes halogenated alkanes) is 2. The van der Waals surface area contributed by atoms with Crippen molar-refractivity contribution >= 4 is 12.2 Å². The van der Waals surface area contributed by atoms with Crippen LogP contribution in [0.5, 0.6) is 0 Å². The van der Waals surface area contributed by atoms with Crippen LogP contribution in [0.25, 0.3) is 23.3 Å². The van der Waals surface area contributed by atoms with E-state index in [0.717, 1.165) is 55.7 Å². The van der Waals surface area contributed by atoms with Crippen molar-refractivity contribution in [3.05, 3.63) is 129 Å². The van der Waals surface area contributed by atoms with E-state index in [1.54, 1.807) is 6.07 Å². The zero-order chi connectivity index (χ0) is 34.6. The number of benzene rings is 4. The van der Waals surface area contributed by atoms with Crippen molar-refractivity contribution in [2.24, 2.45) is 0 Å². The molecule has 5 rings (SSSR count). The van der Waals surface area contributed by atoms with Gasteiger partial charge in [-0.25, -0.2) is 30.7 Å². The molecule has 0 saturated heterocycles. The van der Waals surface area contributed by atoms with E-state index in [1.807, 2.05) is 6.92 Å². The summed E-state index contributed by atoms with van der Waals surface area (Å²) in [5.41, 5.74) is -0.452. The fourth-order valence-corrected chi connectivity index (χ4v) is 6.09. The molecule has 48 heavy (non-hydrogen) atoms. The van der Waals surface area contributed by atoms with E-state index in [1.165, 1.54) is 18.2 Å². The number of hydrogen-bond donors (Lipinski definition) is 0. The summed E-state index contributed by atoms with van der Waals surface area (Å²) in [6, 6.07) is 11.1. The first-order valence-corrected chi connectivity index (χ1v) is 15.8. The van der Waals surface area contributed by atoms with Crippen molar-refractivity contribution in [1.82, 2.24) is 0 Å². The Morgan fingerprint density at radius 3 is 1.96 bits per heavy atom. The van der Waals surface area contributed by atoms with Gasteiger partial charge in [-0.3, -0.25) is 0 Å². The second-order valence-electron chi connectivity index (χ2n) is 12.1. The quantitative estimate of drug-likeness (QED) is 0.0665. The second-order valence-corrected chi connectivity index (χ2v) is 12.1. The van der Waals surface area contributed by atoms with Gasteiger partial charge in [0.15, 0.2) is 17.5 Å². The Labute approximate surface area is 273 Å². The molecule has 0 amide bonds. The maximum Gasteiger partial charge on any atom is 0.386 e. The van der Waals surface area contributed by atoms with Crippen LogP contribution in [-0.2, 0) is 17.3 Å². The highest BCUT2D eigenvalue weighted by atomic mass is 19.3. The number of rotatable bonds is 11. The van der Waals surface area contributed by atoms with E-state index in [2.05, 4.69) is 0 Å². The summed E-state index contributed by atoms with van der Waals surface area (Å²) in [5, 5.41) is 0. The maximum atomic E-state index is 15.3. The molecule has 0 N–H and O–H groups in total. The first-order chi connectivity index (χ1) is 22.9. The molecule has 0 bridgehead atoms. The number of halogens is 9. The van der Waals surface area contributed by atoms with Gasteiger partial charge in [0.05, 0.1) is 11.7 Å². The van der Waals surface area contributed by atoms with Gasteiger partial charge in [-0.1, -0.05) is 44.0 Å². The standard InChI is InChI=1S/C38H33F9O/c1-2-3-4-5-22-7-15-30(34(42)16-22)38(46,47)48-27-11-8-24(9-12-27)25-10-14-28(31(39)19-25)26-20-32(40)29(33(41)21-26)13-6-23-17-35(43)37(45)36(44)18-23/h6-7,10,13-21,24,27H,2-5,8-9,11-12H2,1H3. The fraction of sp³-hybridized carbons (Fsp3) is 0.316. The van der Waals surface area contributed by atoms with Crippen molar-refractivity contribution in [2.75, 3.05) is 0 Å². The van der Waals surface area contributed by atoms with Gasteiger partial charge in [0.1, 0.15) is 23.3 Å². The highest BCUT2D eigenvalue weighted by Gasteiger charge is 2.40. The van der Waals surface area contributed by atoms with E-state index in [4.69, 9.17) is 4.74 Å². The average molecular weight is 677 g/mol. The molecule has 4 aromatic carbocycles. The molecule has 1 aliphatic carbocycles. The summed E-state index contributed by atoms with van der Waals surface area (Å²) in [7, 11) is 0. The van der Waals surface area contributed by atoms with E-state index < -0.39 is 64.1 Å². The summed E-state index contributed by atoms with van der Waals surface area (Å²) < 4.78 is 135. The lowest BCUT2D eigenvalue weighted by molar-refractivity contribution is -0.278. The van der Waals surface area contributed by atoms with Crippen LogP contribution in [0.3, 0.4) is 0 Å². The Morgan fingerprint density at radius 1 is 0.688 bits per heavy atom. The zero-order valence-corrected chi connectivity index (χ0v) is 26.0. The van der Waals surface area contributed by atoms with Crippen LogP contribution in [0.1, 0.15) is 85.6 Å². The van der Waals surface area contributed by atoms with E-state index in [0.29, 0.717) is 42.5 Å². The first kappa shape index (κ1) is 35.3. The third-order valence-electron chi connectivity index (χ3n) is 8.71. The molecule has 0 radical (unpaired) electrons. The second kappa shape index (κ2) is 15.0. The highest BCUT2D eigenvalue weighted by Crippen LogP contribution is 2.41. The maximum absolute atomic E-state index is 15.3. The van der Waals surface area contributed by atoms with Gasteiger partial charge < -0.3 is 4.74 Å². The number of aryl methyl sites for hydroxylation is 1. The monoisotopic (exact) mass is 676 g/mol. The summed E-state index contributed by atoms with van der Waals surface area (Å²) in [4.78, 5) is 0. The Morgan fingerprint density at radius 2 is 1.35 bits per heavy atom. The van der Waals surface area contributed by atoms with Crippen LogP contribution < -0.4 is 0 Å². The summed E-state index contributed by atoms with van der Waals surface area (Å²) in [6.07, 6.45) is 1.99. The van der Waals surface area contributed by atoms with Crippen molar-refractivity contribution in [1.29, 1.82) is 0 Å². The minimum atomic E-state index is -3.82. The Bertz CT molecular complexity index is 1750. The highest BCUT2D eigenvalue weighted by molar-refractivity contribution is 5.73. The minimum Gasteiger partial charge on any atom is -0.313 e. The first-order valence-electron chi connectivity index (χ1n) is 15.8. The summed E-state index contributed by atoms with van der Waals surface area (Å²) in [5.74, 6) is -8.65. The molecule has 0 unspecified atom stereocenters. The molecular formula is C38H33F9O. The molecular weight excluding hydrogens is 643 g/mol. The smallest absolute Gasteiger partial charge is 0.313 e. The van der Waals surface area contributed by atoms with Gasteiger partial charge in [0.2, 0.25) is 0 Å². The van der Waals surface area contributed by atoms with E-state index >= 15 is 4.39 Å². The molecule has 1 saturated carbocycles. The van der Waals surface area contributed by atoms with Crippen molar-refractivity contribution in [2.45, 2.75) is 76.4 Å². The lowest BCUT2D eigenvalue weighted by Crippen LogP contribution is -2.30. The van der Waals surface area contributed by atoms with Crippen LogP contribution in [0.4, 0.5) is 39.5 Å². The topological polar surface area (TPSA) is 9.23 Å². The number of ether oxygens (including phenoxy) is 1. The molecule has 1 nitrogen and oxygen atoms in total. The average Bonchev–Trinajstić information content (AvgIpc) is 3.03. The molecule has 10 heteroatoms. The van der Waals surface area contributed by atoms with Gasteiger partial charge in [-0.15, -0.1) is 0 Å². The number of hydrogen-bond acceptors (Lipinski definition) is 1. The normalized spacial score (nSPS) is 17.0. The third-order valence-corrected chi connectivity index (χ3v) is 8.71. The summed E-state index contributed by atoms with van der Waals surface area (Å²) >= 11 is 0. The van der Waals surface area contributed by atoms with Crippen molar-refractivity contribution in [3.8, 4) is 11.1 Å². The van der Waals surface area contributed by atoms with E-state index in [-0.39, 0.29) is 35.4 Å². The van der Waals surface area contributed by atoms with Gasteiger partial charge in [-0.2, -0.15) is 8.78 Å². The number of alkyl halides is 2. The van der Waals surface area contributed by atoms with Gasteiger partial charge in [0, 0.05) is 11.1 Å². The molecule has 0 spiro atoms. The molecule has 0 heterocycles. The van der Waals surface area contributed by atoms with Gasteiger partial charge in [-0.05, 0) is 115 Å². The predicted octanol–water partition coefficient (Wildman–Crippen LogP) is 12.0. The molecule has 1 fully saturated rings. The van der Waals surface area contributed by atoms with Crippen molar-refractivity contribution in [3.63, 3.8) is 0 Å². The molecule has 4 aromatic rings.